The number of hydrogen-bond donors (Lipinski definition) is 0. The normalized spacial score (nSPS) is 12.2. The van der Waals surface area contributed by atoms with Crippen LogP contribution >= 0.6 is 0 Å². The number of fused-ring (bicyclic) bond motifs is 1. The Morgan fingerprint density at radius 1 is 0.946 bits per heavy atom. The average molecular weight is 499 g/mol. The molecule has 3 aromatic carbocycles. The Hall–Kier alpha value is -3.73. The summed E-state index contributed by atoms with van der Waals surface area (Å²) in [6.45, 7) is 8.39. The van der Waals surface area contributed by atoms with E-state index in [1.54, 1.807) is 7.11 Å². The van der Waals surface area contributed by atoms with Gasteiger partial charge in [0.1, 0.15) is 18.2 Å². The highest BCUT2D eigenvalue weighted by Gasteiger charge is 2.13. The molecule has 0 N–H and O–H groups in total. The maximum absolute atomic E-state index is 6.18. The van der Waals surface area contributed by atoms with E-state index in [1.165, 1.54) is 5.56 Å². The second-order valence-corrected chi connectivity index (χ2v) is 9.30. The molecule has 1 heterocycles. The van der Waals surface area contributed by atoms with Gasteiger partial charge in [-0.1, -0.05) is 56.3 Å². The number of aromatic nitrogens is 2. The molecule has 0 bridgehead atoms. The van der Waals surface area contributed by atoms with Gasteiger partial charge in [-0.25, -0.2) is 4.98 Å². The molecule has 1 unspecified atom stereocenters. The molecule has 1 aromatic heterocycles. The van der Waals surface area contributed by atoms with Crippen LogP contribution in [0.2, 0.25) is 0 Å². The van der Waals surface area contributed by atoms with Crippen molar-refractivity contribution in [1.82, 2.24) is 9.55 Å². The Labute approximate surface area is 220 Å². The molecule has 37 heavy (non-hydrogen) atoms. The summed E-state index contributed by atoms with van der Waals surface area (Å²) in [4.78, 5) is 4.86. The van der Waals surface area contributed by atoms with E-state index in [0.29, 0.717) is 30.6 Å². The van der Waals surface area contributed by atoms with Crippen LogP contribution in [0, 0.1) is 0 Å². The summed E-state index contributed by atoms with van der Waals surface area (Å²) in [5.74, 6) is 3.84. The molecule has 0 saturated carbocycles. The van der Waals surface area contributed by atoms with E-state index in [-0.39, 0.29) is 0 Å². The Bertz CT molecular complexity index is 1310. The molecule has 0 aliphatic heterocycles. The van der Waals surface area contributed by atoms with Crippen LogP contribution in [0.15, 0.2) is 72.8 Å². The third-order valence-electron chi connectivity index (χ3n) is 6.74. The third kappa shape index (κ3) is 6.73. The first-order chi connectivity index (χ1) is 18.1. The first-order valence-electron chi connectivity index (χ1n) is 13.2. The van der Waals surface area contributed by atoms with E-state index >= 15 is 0 Å². The van der Waals surface area contributed by atoms with Crippen molar-refractivity contribution in [1.29, 1.82) is 0 Å². The van der Waals surface area contributed by atoms with Gasteiger partial charge >= 0.3 is 0 Å². The number of methoxy groups -OCH3 is 1. The van der Waals surface area contributed by atoms with Crippen LogP contribution in [0.5, 0.6) is 17.2 Å². The smallest absolute Gasteiger partial charge is 0.161 e. The second-order valence-electron chi connectivity index (χ2n) is 9.30. The van der Waals surface area contributed by atoms with Crippen LogP contribution in [0.1, 0.15) is 62.9 Å². The van der Waals surface area contributed by atoms with E-state index in [2.05, 4.69) is 54.8 Å². The standard InChI is InChI=1S/C32H38N2O3/c1-5-11-25-14-19-30(31(22-25)35-4)37-23-32-33-28-12-7-8-13-29(28)34(32)20-9-10-21-36-27-17-15-26(16-18-27)24(3)6-2/h5,7-8,11-19,22,24H,6,9-10,20-21,23H2,1-4H3/b11-5-. The highest BCUT2D eigenvalue weighted by atomic mass is 16.5. The first-order valence-corrected chi connectivity index (χ1v) is 13.2. The van der Waals surface area contributed by atoms with Gasteiger partial charge in [0.05, 0.1) is 24.8 Å². The van der Waals surface area contributed by atoms with Gasteiger partial charge in [0, 0.05) is 6.54 Å². The summed E-state index contributed by atoms with van der Waals surface area (Å²) in [6, 6.07) is 22.7. The highest BCUT2D eigenvalue weighted by Crippen LogP contribution is 2.30. The average Bonchev–Trinajstić information content (AvgIpc) is 3.29. The number of benzene rings is 3. The quantitative estimate of drug-likeness (QED) is 0.175. The van der Waals surface area contributed by atoms with Crippen LogP contribution in [0.25, 0.3) is 17.1 Å². The Morgan fingerprint density at radius 2 is 1.76 bits per heavy atom. The SMILES string of the molecule is C/C=C\c1ccc(OCc2nc3ccccc3n2CCCCOc2ccc(C(C)CC)cc2)c(OC)c1. The zero-order valence-corrected chi connectivity index (χ0v) is 22.4. The van der Waals surface area contributed by atoms with Crippen LogP contribution < -0.4 is 14.2 Å². The van der Waals surface area contributed by atoms with Crippen molar-refractivity contribution in [2.45, 2.75) is 59.1 Å². The van der Waals surface area contributed by atoms with Crippen LogP contribution in [-0.2, 0) is 13.2 Å². The van der Waals surface area contributed by atoms with E-state index in [0.717, 1.165) is 54.0 Å². The van der Waals surface area contributed by atoms with Gasteiger partial charge in [-0.3, -0.25) is 0 Å². The van der Waals surface area contributed by atoms with Crippen molar-refractivity contribution in [3.8, 4) is 17.2 Å². The topological polar surface area (TPSA) is 45.5 Å². The van der Waals surface area contributed by atoms with E-state index in [4.69, 9.17) is 19.2 Å². The first kappa shape index (κ1) is 26.3. The molecule has 0 amide bonds. The van der Waals surface area contributed by atoms with Gasteiger partial charge in [0.25, 0.3) is 0 Å². The number of rotatable bonds is 13. The monoisotopic (exact) mass is 498 g/mol. The fourth-order valence-electron chi connectivity index (χ4n) is 4.42. The van der Waals surface area contributed by atoms with Crippen molar-refractivity contribution in [3.63, 3.8) is 0 Å². The lowest BCUT2D eigenvalue weighted by atomic mass is 9.99. The Balaban J connectivity index is 1.37. The molecule has 4 rings (SSSR count). The number of hydrogen-bond acceptors (Lipinski definition) is 4. The minimum Gasteiger partial charge on any atom is -0.494 e. The van der Waals surface area contributed by atoms with E-state index in [9.17, 15) is 0 Å². The van der Waals surface area contributed by atoms with Gasteiger partial charge < -0.3 is 18.8 Å². The number of allylic oxidation sites excluding steroid dienone is 1. The Kier molecular flexibility index (Phi) is 9.25. The molecule has 0 fully saturated rings. The minimum absolute atomic E-state index is 0.368. The summed E-state index contributed by atoms with van der Waals surface area (Å²) in [6.07, 6.45) is 7.13. The fourth-order valence-corrected chi connectivity index (χ4v) is 4.42. The molecule has 5 nitrogen and oxygen atoms in total. The molecule has 194 valence electrons. The predicted octanol–water partition coefficient (Wildman–Crippen LogP) is 8.03. The van der Waals surface area contributed by atoms with E-state index < -0.39 is 0 Å². The highest BCUT2D eigenvalue weighted by molar-refractivity contribution is 5.75. The second kappa shape index (κ2) is 13.0. The van der Waals surface area contributed by atoms with E-state index in [1.807, 2.05) is 49.4 Å². The van der Waals surface area contributed by atoms with Crippen LogP contribution in [-0.4, -0.2) is 23.3 Å². The summed E-state index contributed by atoms with van der Waals surface area (Å²) >= 11 is 0. The number of unbranched alkanes of at least 4 members (excludes halogenated alkanes) is 1. The molecule has 0 saturated heterocycles. The molecule has 1 atom stereocenters. The molecule has 0 spiro atoms. The zero-order chi connectivity index (χ0) is 26.0. The fraction of sp³-hybridized carbons (Fsp3) is 0.344. The molecule has 0 aliphatic carbocycles. The zero-order valence-electron chi connectivity index (χ0n) is 22.4. The summed E-state index contributed by atoms with van der Waals surface area (Å²) < 4.78 is 20.0. The van der Waals surface area contributed by atoms with Crippen molar-refractivity contribution >= 4 is 17.1 Å². The third-order valence-corrected chi connectivity index (χ3v) is 6.74. The number of imidazole rings is 1. The number of nitrogens with zero attached hydrogens (tertiary/aromatic N) is 2. The number of para-hydroxylation sites is 2. The largest absolute Gasteiger partial charge is 0.494 e. The maximum atomic E-state index is 6.18. The number of aryl methyl sites for hydroxylation is 1. The summed E-state index contributed by atoms with van der Waals surface area (Å²) in [5.41, 5.74) is 4.54. The predicted molar refractivity (Wildman–Crippen MR) is 152 cm³/mol. The Morgan fingerprint density at radius 3 is 2.51 bits per heavy atom. The minimum atomic E-state index is 0.368. The van der Waals surface area contributed by atoms with Crippen molar-refractivity contribution in [2.24, 2.45) is 0 Å². The van der Waals surface area contributed by atoms with Crippen molar-refractivity contribution in [3.05, 3.63) is 89.8 Å². The van der Waals surface area contributed by atoms with Crippen LogP contribution in [0.4, 0.5) is 0 Å². The van der Waals surface area contributed by atoms with Crippen LogP contribution in [0.3, 0.4) is 0 Å². The summed E-state index contributed by atoms with van der Waals surface area (Å²) in [5, 5.41) is 0. The molecule has 4 aromatic rings. The van der Waals surface area contributed by atoms with Crippen molar-refractivity contribution in [2.75, 3.05) is 13.7 Å². The maximum Gasteiger partial charge on any atom is 0.161 e. The molecular weight excluding hydrogens is 460 g/mol. The lowest BCUT2D eigenvalue weighted by Crippen LogP contribution is -2.09. The van der Waals surface area contributed by atoms with Gasteiger partial charge in [0.2, 0.25) is 0 Å². The molecular formula is C32H38N2O3. The molecule has 5 heteroatoms. The lowest BCUT2D eigenvalue weighted by molar-refractivity contribution is 0.270. The van der Waals surface area contributed by atoms with Gasteiger partial charge in [-0.2, -0.15) is 0 Å². The number of ether oxygens (including phenoxy) is 3. The van der Waals surface area contributed by atoms with Crippen molar-refractivity contribution < 1.29 is 14.2 Å². The van der Waals surface area contributed by atoms with Gasteiger partial charge in [0.15, 0.2) is 11.5 Å². The summed E-state index contributed by atoms with van der Waals surface area (Å²) in [7, 11) is 1.67. The lowest BCUT2D eigenvalue weighted by Gasteiger charge is -2.13. The van der Waals surface area contributed by atoms with Gasteiger partial charge in [-0.15, -0.1) is 0 Å². The molecule has 0 aliphatic rings. The van der Waals surface area contributed by atoms with Gasteiger partial charge in [-0.05, 0) is 79.6 Å². The molecule has 0 radical (unpaired) electrons.